The smallest absolute Gasteiger partial charge is 0.0180 e. The first kappa shape index (κ1) is 10.0. The highest BCUT2D eigenvalue weighted by Gasteiger charge is 2.31. The van der Waals surface area contributed by atoms with Crippen molar-refractivity contribution in [2.75, 3.05) is 6.54 Å². The van der Waals surface area contributed by atoms with Gasteiger partial charge in [0.25, 0.3) is 0 Å². The third-order valence-corrected chi connectivity index (χ3v) is 3.22. The molecule has 1 aliphatic carbocycles. The molecule has 0 saturated heterocycles. The summed E-state index contributed by atoms with van der Waals surface area (Å²) in [4.78, 5) is 0. The van der Waals surface area contributed by atoms with E-state index < -0.39 is 0 Å². The highest BCUT2D eigenvalue weighted by molar-refractivity contribution is 4.92. The average Bonchev–Trinajstić information content (AvgIpc) is 2.10. The normalized spacial score (nSPS) is 36.8. The summed E-state index contributed by atoms with van der Waals surface area (Å²) in [5, 5.41) is 3.61. The van der Waals surface area contributed by atoms with Gasteiger partial charge in [-0.1, -0.05) is 13.8 Å². The lowest BCUT2D eigenvalue weighted by atomic mass is 9.78. The maximum absolute atomic E-state index is 5.88. The van der Waals surface area contributed by atoms with Gasteiger partial charge in [0.1, 0.15) is 0 Å². The minimum absolute atomic E-state index is 0.421. The standard InChI is InChI=1S/C10H22N2/c1-3-10(12-4-2)7-5-9(11)6-8-10/h9,12H,3-8,11H2,1-2H3. The Hall–Kier alpha value is -0.0800. The van der Waals surface area contributed by atoms with E-state index in [0.29, 0.717) is 11.6 Å². The Morgan fingerprint density at radius 1 is 1.33 bits per heavy atom. The summed E-state index contributed by atoms with van der Waals surface area (Å²) in [6.07, 6.45) is 6.16. The quantitative estimate of drug-likeness (QED) is 0.676. The molecule has 2 nitrogen and oxygen atoms in total. The van der Waals surface area contributed by atoms with Gasteiger partial charge in [-0.15, -0.1) is 0 Å². The predicted octanol–water partition coefficient (Wildman–Crippen LogP) is 1.65. The third kappa shape index (κ3) is 2.20. The minimum Gasteiger partial charge on any atom is -0.328 e. The van der Waals surface area contributed by atoms with Crippen LogP contribution in [0.1, 0.15) is 46.0 Å². The summed E-state index contributed by atoms with van der Waals surface area (Å²) in [7, 11) is 0. The number of rotatable bonds is 3. The van der Waals surface area contributed by atoms with Crippen molar-refractivity contribution in [3.8, 4) is 0 Å². The Morgan fingerprint density at radius 3 is 2.33 bits per heavy atom. The summed E-state index contributed by atoms with van der Waals surface area (Å²) in [5.41, 5.74) is 6.30. The largest absolute Gasteiger partial charge is 0.328 e. The Bertz CT molecular complexity index is 126. The maximum Gasteiger partial charge on any atom is 0.0180 e. The van der Waals surface area contributed by atoms with E-state index in [0.717, 1.165) is 6.54 Å². The van der Waals surface area contributed by atoms with Gasteiger partial charge in [-0.25, -0.2) is 0 Å². The molecular weight excluding hydrogens is 148 g/mol. The van der Waals surface area contributed by atoms with Crippen molar-refractivity contribution < 1.29 is 0 Å². The van der Waals surface area contributed by atoms with Crippen LogP contribution in [0.5, 0.6) is 0 Å². The zero-order chi connectivity index (χ0) is 9.03. The fraction of sp³-hybridized carbons (Fsp3) is 1.00. The van der Waals surface area contributed by atoms with E-state index in [-0.39, 0.29) is 0 Å². The van der Waals surface area contributed by atoms with Gasteiger partial charge in [0.2, 0.25) is 0 Å². The molecular formula is C10H22N2. The topological polar surface area (TPSA) is 38.0 Å². The van der Waals surface area contributed by atoms with E-state index in [9.17, 15) is 0 Å². The minimum atomic E-state index is 0.421. The van der Waals surface area contributed by atoms with Gasteiger partial charge in [0, 0.05) is 11.6 Å². The summed E-state index contributed by atoms with van der Waals surface area (Å²) in [5.74, 6) is 0. The zero-order valence-corrected chi connectivity index (χ0v) is 8.40. The third-order valence-electron chi connectivity index (χ3n) is 3.22. The second-order valence-electron chi connectivity index (χ2n) is 4.00. The molecule has 3 N–H and O–H groups in total. The lowest BCUT2D eigenvalue weighted by Gasteiger charge is -2.39. The molecule has 1 saturated carbocycles. The Labute approximate surface area is 75.9 Å². The first-order valence-electron chi connectivity index (χ1n) is 5.23. The summed E-state index contributed by atoms with van der Waals surface area (Å²) in [6, 6.07) is 0.461. The van der Waals surface area contributed by atoms with Crippen LogP contribution in [0.25, 0.3) is 0 Å². The van der Waals surface area contributed by atoms with Gasteiger partial charge in [-0.2, -0.15) is 0 Å². The fourth-order valence-corrected chi connectivity index (χ4v) is 2.22. The van der Waals surface area contributed by atoms with Crippen molar-refractivity contribution in [2.24, 2.45) is 5.73 Å². The molecule has 0 aromatic carbocycles. The van der Waals surface area contributed by atoms with Crippen molar-refractivity contribution in [2.45, 2.75) is 57.5 Å². The molecule has 1 rings (SSSR count). The number of hydrogen-bond donors (Lipinski definition) is 2. The predicted molar refractivity (Wildman–Crippen MR) is 53.1 cm³/mol. The van der Waals surface area contributed by atoms with E-state index in [1.807, 2.05) is 0 Å². The summed E-state index contributed by atoms with van der Waals surface area (Å²) < 4.78 is 0. The zero-order valence-electron chi connectivity index (χ0n) is 8.40. The number of nitrogens with one attached hydrogen (secondary N) is 1. The first-order chi connectivity index (χ1) is 5.72. The van der Waals surface area contributed by atoms with Gasteiger partial charge >= 0.3 is 0 Å². The van der Waals surface area contributed by atoms with E-state index in [1.165, 1.54) is 32.1 Å². The molecule has 1 fully saturated rings. The van der Waals surface area contributed by atoms with Crippen molar-refractivity contribution in [1.82, 2.24) is 5.32 Å². The van der Waals surface area contributed by atoms with Crippen molar-refractivity contribution in [1.29, 1.82) is 0 Å². The molecule has 2 heteroatoms. The summed E-state index contributed by atoms with van der Waals surface area (Å²) in [6.45, 7) is 5.55. The van der Waals surface area contributed by atoms with Crippen LogP contribution in [0.2, 0.25) is 0 Å². The van der Waals surface area contributed by atoms with Gasteiger partial charge < -0.3 is 11.1 Å². The second kappa shape index (κ2) is 4.24. The van der Waals surface area contributed by atoms with E-state index in [4.69, 9.17) is 5.73 Å². The van der Waals surface area contributed by atoms with Crippen LogP contribution in [-0.2, 0) is 0 Å². The van der Waals surface area contributed by atoms with Crippen LogP contribution in [-0.4, -0.2) is 18.1 Å². The maximum atomic E-state index is 5.88. The van der Waals surface area contributed by atoms with Crippen LogP contribution in [0.4, 0.5) is 0 Å². The Kier molecular flexibility index (Phi) is 3.53. The lowest BCUT2D eigenvalue weighted by Crippen LogP contribution is -2.49. The number of nitrogens with two attached hydrogens (primary N) is 1. The van der Waals surface area contributed by atoms with Crippen LogP contribution in [0.3, 0.4) is 0 Å². The monoisotopic (exact) mass is 170 g/mol. The lowest BCUT2D eigenvalue weighted by molar-refractivity contribution is 0.212. The van der Waals surface area contributed by atoms with Crippen molar-refractivity contribution in [3.63, 3.8) is 0 Å². The average molecular weight is 170 g/mol. The first-order valence-corrected chi connectivity index (χ1v) is 5.23. The molecule has 0 atom stereocenters. The van der Waals surface area contributed by atoms with Crippen LogP contribution < -0.4 is 11.1 Å². The highest BCUT2D eigenvalue weighted by Crippen LogP contribution is 2.30. The van der Waals surface area contributed by atoms with E-state index in [2.05, 4.69) is 19.2 Å². The SMILES string of the molecule is CCNC1(CC)CCC(N)CC1. The molecule has 72 valence electrons. The molecule has 12 heavy (non-hydrogen) atoms. The fourth-order valence-electron chi connectivity index (χ4n) is 2.22. The van der Waals surface area contributed by atoms with Gasteiger partial charge in [-0.3, -0.25) is 0 Å². The molecule has 0 heterocycles. The van der Waals surface area contributed by atoms with Gasteiger partial charge in [0.15, 0.2) is 0 Å². The van der Waals surface area contributed by atoms with Crippen LogP contribution in [0, 0.1) is 0 Å². The van der Waals surface area contributed by atoms with Gasteiger partial charge in [-0.05, 0) is 38.6 Å². The molecule has 0 aromatic rings. The molecule has 0 spiro atoms. The van der Waals surface area contributed by atoms with Gasteiger partial charge in [0.05, 0.1) is 0 Å². The van der Waals surface area contributed by atoms with Crippen LogP contribution >= 0.6 is 0 Å². The highest BCUT2D eigenvalue weighted by atomic mass is 15.0. The Morgan fingerprint density at radius 2 is 1.92 bits per heavy atom. The van der Waals surface area contributed by atoms with Crippen molar-refractivity contribution in [3.05, 3.63) is 0 Å². The summed E-state index contributed by atoms with van der Waals surface area (Å²) >= 11 is 0. The Balaban J connectivity index is 2.45. The molecule has 0 radical (unpaired) electrons. The van der Waals surface area contributed by atoms with Crippen LogP contribution in [0.15, 0.2) is 0 Å². The molecule has 0 amide bonds. The van der Waals surface area contributed by atoms with E-state index >= 15 is 0 Å². The molecule has 1 aliphatic rings. The van der Waals surface area contributed by atoms with Crippen molar-refractivity contribution >= 4 is 0 Å². The molecule has 0 aromatic heterocycles. The molecule has 0 aliphatic heterocycles. The number of hydrogen-bond acceptors (Lipinski definition) is 2. The van der Waals surface area contributed by atoms with E-state index in [1.54, 1.807) is 0 Å². The molecule has 0 unspecified atom stereocenters. The molecule has 0 bridgehead atoms. The second-order valence-corrected chi connectivity index (χ2v) is 4.00.